The zero-order valence-corrected chi connectivity index (χ0v) is 11.8. The molecule has 1 atom stereocenters. The van der Waals surface area contributed by atoms with Crippen LogP contribution in [0.1, 0.15) is 22.8 Å². The van der Waals surface area contributed by atoms with Gasteiger partial charge in [0.15, 0.2) is 5.75 Å². The Bertz CT molecular complexity index is 607. The minimum absolute atomic E-state index is 0.00685. The number of benzene rings is 2. The first kappa shape index (κ1) is 12.4. The Kier molecular flexibility index (Phi) is 3.11. The van der Waals surface area contributed by atoms with Crippen molar-refractivity contribution in [2.24, 2.45) is 0 Å². The lowest BCUT2D eigenvalue weighted by Gasteiger charge is -2.29. The van der Waals surface area contributed by atoms with Gasteiger partial charge in [-0.15, -0.1) is 0 Å². The van der Waals surface area contributed by atoms with E-state index in [-0.39, 0.29) is 6.10 Å². The molecule has 1 aliphatic rings. The summed E-state index contributed by atoms with van der Waals surface area (Å²) in [6.07, 6.45) is 0.00685. The second-order valence-corrected chi connectivity index (χ2v) is 5.37. The highest BCUT2D eigenvalue weighted by molar-refractivity contribution is 6.32. The molecular weight excluding hydrogens is 258 g/mol. The van der Waals surface area contributed by atoms with Crippen LogP contribution < -0.4 is 10.1 Å². The van der Waals surface area contributed by atoms with Gasteiger partial charge in [-0.3, -0.25) is 0 Å². The molecule has 0 spiro atoms. The van der Waals surface area contributed by atoms with Crippen LogP contribution in [0.5, 0.6) is 5.75 Å². The van der Waals surface area contributed by atoms with Crippen molar-refractivity contribution < 1.29 is 4.74 Å². The second-order valence-electron chi connectivity index (χ2n) is 4.97. The van der Waals surface area contributed by atoms with Crippen molar-refractivity contribution in [2.45, 2.75) is 20.0 Å². The molecule has 98 valence electrons. The molecule has 1 heterocycles. The number of fused-ring (bicyclic) bond motifs is 1. The molecule has 1 N–H and O–H groups in total. The molecule has 1 unspecified atom stereocenters. The van der Waals surface area contributed by atoms with E-state index in [2.05, 4.69) is 43.4 Å². The number of halogens is 1. The molecule has 2 aromatic rings. The highest BCUT2D eigenvalue weighted by atomic mass is 35.5. The summed E-state index contributed by atoms with van der Waals surface area (Å²) >= 11 is 6.23. The smallest absolute Gasteiger partial charge is 0.162 e. The van der Waals surface area contributed by atoms with E-state index in [1.165, 1.54) is 11.1 Å². The molecule has 19 heavy (non-hydrogen) atoms. The van der Waals surface area contributed by atoms with Gasteiger partial charge in [0.1, 0.15) is 6.10 Å². The van der Waals surface area contributed by atoms with Crippen molar-refractivity contribution >= 4 is 17.3 Å². The molecule has 0 amide bonds. The van der Waals surface area contributed by atoms with Crippen molar-refractivity contribution in [2.75, 3.05) is 11.9 Å². The summed E-state index contributed by atoms with van der Waals surface area (Å²) in [5.74, 6) is 0.762. The molecule has 3 rings (SSSR count). The van der Waals surface area contributed by atoms with Gasteiger partial charge >= 0.3 is 0 Å². The molecule has 2 aromatic carbocycles. The summed E-state index contributed by atoms with van der Waals surface area (Å²) in [7, 11) is 0. The van der Waals surface area contributed by atoms with Crippen LogP contribution in [0.4, 0.5) is 5.69 Å². The van der Waals surface area contributed by atoms with Crippen LogP contribution in [0, 0.1) is 13.8 Å². The average Bonchev–Trinajstić information content (AvgIpc) is 2.43. The predicted octanol–water partition coefficient (Wildman–Crippen LogP) is 4.50. The van der Waals surface area contributed by atoms with Gasteiger partial charge in [0.2, 0.25) is 0 Å². The highest BCUT2D eigenvalue weighted by Crippen LogP contribution is 2.41. The Hall–Kier alpha value is -1.67. The van der Waals surface area contributed by atoms with Crippen LogP contribution in [0.15, 0.2) is 36.4 Å². The first-order valence-electron chi connectivity index (χ1n) is 6.41. The Morgan fingerprint density at radius 1 is 1.11 bits per heavy atom. The first-order valence-corrected chi connectivity index (χ1v) is 6.79. The molecule has 0 saturated carbocycles. The normalized spacial score (nSPS) is 17.3. The van der Waals surface area contributed by atoms with E-state index >= 15 is 0 Å². The van der Waals surface area contributed by atoms with Gasteiger partial charge in [-0.05, 0) is 31.0 Å². The standard InChI is InChI=1S/C16H16ClNO/c1-10-3-6-12(7-4-10)14-9-18-15-11(2)5-8-13(17)16(15)19-14/h3-8,14,18H,9H2,1-2H3. The third kappa shape index (κ3) is 2.28. The van der Waals surface area contributed by atoms with Crippen LogP contribution >= 0.6 is 11.6 Å². The van der Waals surface area contributed by atoms with Gasteiger partial charge in [-0.25, -0.2) is 0 Å². The minimum atomic E-state index is 0.00685. The maximum Gasteiger partial charge on any atom is 0.162 e. The third-order valence-electron chi connectivity index (χ3n) is 3.49. The largest absolute Gasteiger partial charge is 0.480 e. The second kappa shape index (κ2) is 4.78. The number of nitrogens with one attached hydrogen (secondary N) is 1. The summed E-state index contributed by atoms with van der Waals surface area (Å²) in [4.78, 5) is 0. The molecule has 0 radical (unpaired) electrons. The van der Waals surface area contributed by atoms with Crippen LogP contribution in [0.25, 0.3) is 0 Å². The summed E-state index contributed by atoms with van der Waals surface area (Å²) in [5.41, 5.74) is 4.58. The fourth-order valence-electron chi connectivity index (χ4n) is 2.34. The van der Waals surface area contributed by atoms with Crippen LogP contribution in [-0.4, -0.2) is 6.54 Å². The Morgan fingerprint density at radius 3 is 2.58 bits per heavy atom. The molecule has 1 aliphatic heterocycles. The number of aryl methyl sites for hydroxylation is 2. The summed E-state index contributed by atoms with van der Waals surface area (Å²) in [6.45, 7) is 4.90. The van der Waals surface area contributed by atoms with E-state index in [1.807, 2.05) is 12.1 Å². The summed E-state index contributed by atoms with van der Waals surface area (Å²) in [6, 6.07) is 12.3. The molecule has 0 bridgehead atoms. The quantitative estimate of drug-likeness (QED) is 0.826. The van der Waals surface area contributed by atoms with Crippen LogP contribution in [-0.2, 0) is 0 Å². The molecular formula is C16H16ClNO. The lowest BCUT2D eigenvalue weighted by atomic mass is 10.0. The van der Waals surface area contributed by atoms with E-state index in [1.54, 1.807) is 0 Å². The molecule has 0 fully saturated rings. The molecule has 2 nitrogen and oxygen atoms in total. The molecule has 0 saturated heterocycles. The topological polar surface area (TPSA) is 21.3 Å². The zero-order chi connectivity index (χ0) is 13.4. The Morgan fingerprint density at radius 2 is 1.84 bits per heavy atom. The van der Waals surface area contributed by atoms with E-state index in [4.69, 9.17) is 16.3 Å². The molecule has 0 aliphatic carbocycles. The zero-order valence-electron chi connectivity index (χ0n) is 11.0. The molecule has 3 heteroatoms. The van der Waals surface area contributed by atoms with Crippen molar-refractivity contribution in [3.8, 4) is 5.75 Å². The van der Waals surface area contributed by atoms with Gasteiger partial charge in [0.05, 0.1) is 17.3 Å². The summed E-state index contributed by atoms with van der Waals surface area (Å²) in [5, 5.41) is 4.08. The lowest BCUT2D eigenvalue weighted by Crippen LogP contribution is -2.24. The van der Waals surface area contributed by atoms with E-state index in [0.717, 1.165) is 23.5 Å². The van der Waals surface area contributed by atoms with Crippen molar-refractivity contribution in [3.63, 3.8) is 0 Å². The van der Waals surface area contributed by atoms with Gasteiger partial charge in [-0.2, -0.15) is 0 Å². The van der Waals surface area contributed by atoms with Gasteiger partial charge in [-0.1, -0.05) is 47.5 Å². The Balaban J connectivity index is 1.94. The van der Waals surface area contributed by atoms with Gasteiger partial charge < -0.3 is 10.1 Å². The highest BCUT2D eigenvalue weighted by Gasteiger charge is 2.23. The average molecular weight is 274 g/mol. The van der Waals surface area contributed by atoms with Gasteiger partial charge in [0, 0.05) is 0 Å². The summed E-state index contributed by atoms with van der Waals surface area (Å²) < 4.78 is 6.08. The van der Waals surface area contributed by atoms with Crippen molar-refractivity contribution in [1.82, 2.24) is 0 Å². The van der Waals surface area contributed by atoms with E-state index < -0.39 is 0 Å². The maximum atomic E-state index is 6.23. The van der Waals surface area contributed by atoms with Crippen LogP contribution in [0.3, 0.4) is 0 Å². The monoisotopic (exact) mass is 273 g/mol. The first-order chi connectivity index (χ1) is 9.15. The van der Waals surface area contributed by atoms with Crippen LogP contribution in [0.2, 0.25) is 5.02 Å². The van der Waals surface area contributed by atoms with Crippen molar-refractivity contribution in [1.29, 1.82) is 0 Å². The van der Waals surface area contributed by atoms with E-state index in [9.17, 15) is 0 Å². The predicted molar refractivity (Wildman–Crippen MR) is 79.2 cm³/mol. The number of hydrogen-bond acceptors (Lipinski definition) is 2. The van der Waals surface area contributed by atoms with E-state index in [0.29, 0.717) is 5.02 Å². The Labute approximate surface area is 118 Å². The minimum Gasteiger partial charge on any atom is -0.480 e. The maximum absolute atomic E-state index is 6.23. The third-order valence-corrected chi connectivity index (χ3v) is 3.79. The fraction of sp³-hybridized carbons (Fsp3) is 0.250. The lowest BCUT2D eigenvalue weighted by molar-refractivity contribution is 0.210. The number of rotatable bonds is 1. The molecule has 0 aromatic heterocycles. The number of anilines is 1. The SMILES string of the molecule is Cc1ccc(C2CNc3c(C)ccc(Cl)c3O2)cc1. The number of hydrogen-bond donors (Lipinski definition) is 1. The van der Waals surface area contributed by atoms with Crippen molar-refractivity contribution in [3.05, 3.63) is 58.1 Å². The number of ether oxygens (including phenoxy) is 1. The van der Waals surface area contributed by atoms with Gasteiger partial charge in [0.25, 0.3) is 0 Å². The fourth-order valence-corrected chi connectivity index (χ4v) is 2.54.